The van der Waals surface area contributed by atoms with E-state index in [0.29, 0.717) is 5.69 Å². The van der Waals surface area contributed by atoms with Crippen LogP contribution in [0.1, 0.15) is 5.56 Å². The fraction of sp³-hybridized carbons (Fsp3) is 0.125. The standard InChI is InChI=1S/C16H17N3O5S/c17-25(22,23)14-8-6-13(7-9-14)19-15(20)10-18-16(21)24-11-12-4-2-1-3-5-12/h1-9H,10-11H2,(H,18,21)(H,19,20)(H2,17,22,23). The highest BCUT2D eigenvalue weighted by Crippen LogP contribution is 2.12. The predicted molar refractivity (Wildman–Crippen MR) is 91.1 cm³/mol. The van der Waals surface area contributed by atoms with Crippen molar-refractivity contribution in [1.82, 2.24) is 5.32 Å². The van der Waals surface area contributed by atoms with Gasteiger partial charge in [0, 0.05) is 5.69 Å². The summed E-state index contributed by atoms with van der Waals surface area (Å²) in [5, 5.41) is 9.81. The first-order valence-electron chi connectivity index (χ1n) is 7.22. The van der Waals surface area contributed by atoms with Crippen LogP contribution in [0.2, 0.25) is 0 Å². The Bertz CT molecular complexity index is 836. The summed E-state index contributed by atoms with van der Waals surface area (Å²) in [5.74, 6) is -0.486. The lowest BCUT2D eigenvalue weighted by Crippen LogP contribution is -2.33. The van der Waals surface area contributed by atoms with Gasteiger partial charge in [-0.1, -0.05) is 30.3 Å². The summed E-state index contributed by atoms with van der Waals surface area (Å²) >= 11 is 0. The third kappa shape index (κ3) is 6.24. The number of nitrogens with one attached hydrogen (secondary N) is 2. The van der Waals surface area contributed by atoms with Crippen molar-refractivity contribution < 1.29 is 22.7 Å². The Labute approximate surface area is 145 Å². The van der Waals surface area contributed by atoms with Crippen molar-refractivity contribution >= 4 is 27.7 Å². The molecule has 132 valence electrons. The Hall–Kier alpha value is -2.91. The minimum absolute atomic E-state index is 0.0619. The van der Waals surface area contributed by atoms with E-state index in [1.54, 1.807) is 0 Å². The molecule has 8 nitrogen and oxygen atoms in total. The Morgan fingerprint density at radius 2 is 1.64 bits per heavy atom. The molecular weight excluding hydrogens is 346 g/mol. The number of ether oxygens (including phenoxy) is 1. The number of hydrogen-bond donors (Lipinski definition) is 3. The van der Waals surface area contributed by atoms with E-state index in [0.717, 1.165) is 5.56 Å². The Kier molecular flexibility index (Phi) is 6.09. The molecular formula is C16H17N3O5S. The number of anilines is 1. The lowest BCUT2D eigenvalue weighted by molar-refractivity contribution is -0.115. The van der Waals surface area contributed by atoms with Gasteiger partial charge in [-0.2, -0.15) is 0 Å². The van der Waals surface area contributed by atoms with Crippen LogP contribution in [-0.2, 0) is 26.2 Å². The molecule has 2 amide bonds. The molecule has 0 aliphatic rings. The van der Waals surface area contributed by atoms with Gasteiger partial charge in [0.1, 0.15) is 13.2 Å². The summed E-state index contributed by atoms with van der Waals surface area (Å²) in [6.45, 7) is -0.187. The van der Waals surface area contributed by atoms with E-state index >= 15 is 0 Å². The van der Waals surface area contributed by atoms with Crippen molar-refractivity contribution in [2.75, 3.05) is 11.9 Å². The van der Waals surface area contributed by atoms with Gasteiger partial charge in [-0.15, -0.1) is 0 Å². The van der Waals surface area contributed by atoms with Crippen LogP contribution >= 0.6 is 0 Å². The number of carbonyl (C=O) groups is 2. The molecule has 0 atom stereocenters. The van der Waals surface area contributed by atoms with Crippen LogP contribution in [-0.4, -0.2) is 27.0 Å². The zero-order valence-electron chi connectivity index (χ0n) is 13.1. The third-order valence-corrected chi connectivity index (χ3v) is 4.00. The first kappa shape index (κ1) is 18.4. The third-order valence-electron chi connectivity index (χ3n) is 3.07. The molecule has 4 N–H and O–H groups in total. The van der Waals surface area contributed by atoms with E-state index in [1.165, 1.54) is 24.3 Å². The normalized spacial score (nSPS) is 10.8. The first-order valence-corrected chi connectivity index (χ1v) is 8.76. The fourth-order valence-corrected chi connectivity index (χ4v) is 2.38. The molecule has 0 fully saturated rings. The molecule has 2 rings (SSSR count). The quantitative estimate of drug-likeness (QED) is 0.710. The number of alkyl carbamates (subject to hydrolysis) is 1. The molecule has 0 heterocycles. The molecule has 9 heteroatoms. The number of benzene rings is 2. The van der Waals surface area contributed by atoms with Crippen LogP contribution in [0.4, 0.5) is 10.5 Å². The van der Waals surface area contributed by atoms with E-state index in [9.17, 15) is 18.0 Å². The topological polar surface area (TPSA) is 128 Å². The minimum atomic E-state index is -3.79. The Balaban J connectivity index is 1.75. The maximum Gasteiger partial charge on any atom is 0.407 e. The summed E-state index contributed by atoms with van der Waals surface area (Å²) < 4.78 is 27.2. The summed E-state index contributed by atoms with van der Waals surface area (Å²) in [6, 6.07) is 14.5. The molecule has 0 aromatic heterocycles. The van der Waals surface area contributed by atoms with Crippen LogP contribution in [0.25, 0.3) is 0 Å². The second kappa shape index (κ2) is 8.27. The van der Waals surface area contributed by atoms with E-state index < -0.39 is 22.0 Å². The molecule has 2 aromatic carbocycles. The van der Waals surface area contributed by atoms with Crippen molar-refractivity contribution in [3.05, 3.63) is 60.2 Å². The van der Waals surface area contributed by atoms with Gasteiger partial charge >= 0.3 is 6.09 Å². The van der Waals surface area contributed by atoms with Crippen molar-refractivity contribution in [2.45, 2.75) is 11.5 Å². The number of rotatable bonds is 6. The minimum Gasteiger partial charge on any atom is -0.445 e. The molecule has 0 unspecified atom stereocenters. The maximum atomic E-state index is 11.7. The lowest BCUT2D eigenvalue weighted by atomic mass is 10.2. The Morgan fingerprint density at radius 1 is 1.00 bits per heavy atom. The number of sulfonamides is 1. The van der Waals surface area contributed by atoms with Crippen molar-refractivity contribution in [3.63, 3.8) is 0 Å². The highest BCUT2D eigenvalue weighted by atomic mass is 32.2. The molecule has 2 aromatic rings. The maximum absolute atomic E-state index is 11.7. The van der Waals surface area contributed by atoms with E-state index in [2.05, 4.69) is 10.6 Å². The smallest absolute Gasteiger partial charge is 0.407 e. The second-order valence-electron chi connectivity index (χ2n) is 5.03. The lowest BCUT2D eigenvalue weighted by Gasteiger charge is -2.08. The van der Waals surface area contributed by atoms with Crippen LogP contribution in [0.3, 0.4) is 0 Å². The van der Waals surface area contributed by atoms with Crippen molar-refractivity contribution in [3.8, 4) is 0 Å². The highest BCUT2D eigenvalue weighted by molar-refractivity contribution is 7.89. The highest BCUT2D eigenvalue weighted by Gasteiger charge is 2.09. The number of nitrogens with two attached hydrogens (primary N) is 1. The van der Waals surface area contributed by atoms with Gasteiger partial charge in [-0.25, -0.2) is 18.4 Å². The molecule has 0 saturated heterocycles. The van der Waals surface area contributed by atoms with Gasteiger partial charge in [0.15, 0.2) is 0 Å². The van der Waals surface area contributed by atoms with E-state index in [1.807, 2.05) is 30.3 Å². The summed E-state index contributed by atoms with van der Waals surface area (Å²) in [7, 11) is -3.79. The molecule has 0 radical (unpaired) electrons. The second-order valence-corrected chi connectivity index (χ2v) is 6.59. The largest absolute Gasteiger partial charge is 0.445 e. The van der Waals surface area contributed by atoms with Gasteiger partial charge in [-0.3, -0.25) is 4.79 Å². The summed E-state index contributed by atoms with van der Waals surface area (Å²) in [4.78, 5) is 23.2. The van der Waals surface area contributed by atoms with Crippen LogP contribution in [0, 0.1) is 0 Å². The predicted octanol–water partition coefficient (Wildman–Crippen LogP) is 1.20. The van der Waals surface area contributed by atoms with Gasteiger partial charge in [-0.05, 0) is 29.8 Å². The van der Waals surface area contributed by atoms with Crippen LogP contribution in [0.15, 0.2) is 59.5 Å². The summed E-state index contributed by atoms with van der Waals surface area (Å²) in [5.41, 5.74) is 1.20. The molecule has 25 heavy (non-hydrogen) atoms. The van der Waals surface area contributed by atoms with Gasteiger partial charge in [0.25, 0.3) is 0 Å². The number of amides is 2. The fourth-order valence-electron chi connectivity index (χ4n) is 1.86. The van der Waals surface area contributed by atoms with Gasteiger partial charge < -0.3 is 15.4 Å². The Morgan fingerprint density at radius 3 is 2.24 bits per heavy atom. The monoisotopic (exact) mass is 363 g/mol. The molecule has 0 spiro atoms. The van der Waals surface area contributed by atoms with Gasteiger partial charge in [0.2, 0.25) is 15.9 Å². The number of hydrogen-bond acceptors (Lipinski definition) is 5. The van der Waals surface area contributed by atoms with Gasteiger partial charge in [0.05, 0.1) is 4.90 Å². The van der Waals surface area contributed by atoms with Crippen molar-refractivity contribution in [1.29, 1.82) is 0 Å². The van der Waals surface area contributed by atoms with Crippen LogP contribution in [0.5, 0.6) is 0 Å². The first-order chi connectivity index (χ1) is 11.8. The zero-order chi connectivity index (χ0) is 18.3. The van der Waals surface area contributed by atoms with E-state index in [4.69, 9.17) is 9.88 Å². The zero-order valence-corrected chi connectivity index (χ0v) is 14.0. The van der Waals surface area contributed by atoms with E-state index in [-0.39, 0.29) is 18.0 Å². The molecule has 0 aliphatic carbocycles. The average molecular weight is 363 g/mol. The van der Waals surface area contributed by atoms with Crippen molar-refractivity contribution in [2.24, 2.45) is 5.14 Å². The summed E-state index contributed by atoms with van der Waals surface area (Å²) in [6.07, 6.45) is -0.719. The number of carbonyl (C=O) groups excluding carboxylic acids is 2. The molecule has 0 aliphatic heterocycles. The van der Waals surface area contributed by atoms with Crippen LogP contribution < -0.4 is 15.8 Å². The SMILES string of the molecule is NS(=O)(=O)c1ccc(NC(=O)CNC(=O)OCc2ccccc2)cc1. The number of primary sulfonamides is 1. The average Bonchev–Trinajstić information content (AvgIpc) is 2.59. The molecule has 0 bridgehead atoms. The molecule has 0 saturated carbocycles.